The Morgan fingerprint density at radius 1 is 0.483 bits per heavy atom. The number of hydrogen-bond donors (Lipinski definition) is 2. The number of benzene rings is 4. The van der Waals surface area contributed by atoms with Gasteiger partial charge >= 0.3 is 23.8 Å². The highest BCUT2D eigenvalue weighted by Crippen LogP contribution is 2.45. The van der Waals surface area contributed by atoms with Crippen LogP contribution in [0.2, 0.25) is 0 Å². The number of carbonyl (C=O) groups is 8. The molecule has 24 heteroatoms. The third-order valence-electron chi connectivity index (χ3n) is 16.1. The van der Waals surface area contributed by atoms with Gasteiger partial charge in [-0.25, -0.2) is 31.9 Å². The molecule has 2 aliphatic carbocycles. The molecule has 4 amide bonds. The molecule has 87 heavy (non-hydrogen) atoms. The van der Waals surface area contributed by atoms with Gasteiger partial charge in [0.1, 0.15) is 24.7 Å². The van der Waals surface area contributed by atoms with E-state index >= 15 is 0 Å². The number of halogens is 5. The fraction of sp³-hybridized carbons (Fsp3) is 0.492. The molecule has 2 heterocycles. The second-order valence-electron chi connectivity index (χ2n) is 22.4. The Hall–Kier alpha value is -7.63. The fourth-order valence-electron chi connectivity index (χ4n) is 10.0. The Bertz CT molecular complexity index is 2990. The van der Waals surface area contributed by atoms with Crippen LogP contribution >= 0.6 is 11.6 Å². The molecule has 4 aliphatic rings. The summed E-state index contributed by atoms with van der Waals surface area (Å²) in [6, 6.07) is 29.8. The van der Waals surface area contributed by atoms with E-state index in [0.29, 0.717) is 89.8 Å². The molecule has 0 bridgehead atoms. The van der Waals surface area contributed by atoms with Crippen molar-refractivity contribution >= 4 is 58.4 Å². The lowest BCUT2D eigenvalue weighted by Crippen LogP contribution is -2.52. The summed E-state index contributed by atoms with van der Waals surface area (Å²) in [4.78, 5) is 102. The minimum atomic E-state index is -2.71. The van der Waals surface area contributed by atoms with Crippen molar-refractivity contribution in [3.8, 4) is 11.5 Å². The first-order chi connectivity index (χ1) is 41.3. The number of piperazine rings is 2. The summed E-state index contributed by atoms with van der Waals surface area (Å²) in [5.41, 5.74) is 3.32. The standard InChI is InChI=1S/C30H37F2N3O5.C25H29N3O7.C8H11ClF2O/c1-29(11-13-30(31,32)14-12-29)28(38)33-19-26(36)35-17-15-34(16-18-35)20-24-5-3-4-6-25(24)40-21-22-7-9-23(10-8-22)27(37)39-2;1-33-24(31)19-9-7-18(8-10-19)17-35-21-6-4-3-5-20(21)16-27-11-13-28(14-12-27)22(29)15-26-23(30)25(32)34-2;1-7(6(9)12)2-4-8(10,11)5-3-7/h3-10H,11-21H2,1-2H3,(H,33,38);3-10H,11-17H2,1-2H3,(H,26,30);2-5H2,1H3. The second-order valence-corrected chi connectivity index (χ2v) is 22.8. The molecule has 2 N–H and O–H groups in total. The van der Waals surface area contributed by atoms with E-state index in [0.717, 1.165) is 40.9 Å². The van der Waals surface area contributed by atoms with Crippen LogP contribution in [-0.2, 0) is 69.3 Å². The minimum absolute atomic E-state index is 0.117. The average Bonchev–Trinajstić information content (AvgIpc) is 3.67. The van der Waals surface area contributed by atoms with Gasteiger partial charge in [0, 0.05) is 113 Å². The van der Waals surface area contributed by atoms with Crippen molar-refractivity contribution in [1.29, 1.82) is 0 Å². The van der Waals surface area contributed by atoms with Crippen LogP contribution in [-0.4, -0.2) is 165 Å². The predicted octanol–water partition coefficient (Wildman–Crippen LogP) is 7.98. The monoisotopic (exact) mass is 1240 g/mol. The summed E-state index contributed by atoms with van der Waals surface area (Å²) in [5.74, 6) is -7.22. The van der Waals surface area contributed by atoms with Crippen molar-refractivity contribution in [3.63, 3.8) is 0 Å². The number of rotatable bonds is 18. The Morgan fingerprint density at radius 2 is 0.851 bits per heavy atom. The molecule has 4 fully saturated rings. The van der Waals surface area contributed by atoms with E-state index in [1.807, 2.05) is 72.8 Å². The Kier molecular flexibility index (Phi) is 25.1. The van der Waals surface area contributed by atoms with Crippen LogP contribution in [0.4, 0.5) is 17.6 Å². The van der Waals surface area contributed by atoms with Crippen LogP contribution in [0, 0.1) is 10.8 Å². The van der Waals surface area contributed by atoms with Gasteiger partial charge in [0.2, 0.25) is 34.8 Å². The number of methoxy groups -OCH3 is 3. The average molecular weight is 1240 g/mol. The Balaban J connectivity index is 0.000000235. The van der Waals surface area contributed by atoms with E-state index in [1.54, 1.807) is 47.9 Å². The molecule has 0 spiro atoms. The lowest BCUT2D eigenvalue weighted by molar-refractivity contribution is -0.153. The summed E-state index contributed by atoms with van der Waals surface area (Å²) >= 11 is 5.31. The summed E-state index contributed by atoms with van der Waals surface area (Å²) in [6.45, 7) is 9.82. The van der Waals surface area contributed by atoms with E-state index in [4.69, 9.17) is 30.5 Å². The molecular weight excluding hydrogens is 1160 g/mol. The lowest BCUT2D eigenvalue weighted by atomic mass is 9.73. The van der Waals surface area contributed by atoms with Gasteiger partial charge in [-0.05, 0) is 84.8 Å². The van der Waals surface area contributed by atoms with Crippen molar-refractivity contribution in [2.24, 2.45) is 10.8 Å². The molecule has 4 aromatic carbocycles. The quantitative estimate of drug-likeness (QED) is 0.0317. The summed E-state index contributed by atoms with van der Waals surface area (Å²) in [7, 11) is 3.80. The number of alkyl halides is 4. The number of para-hydroxylation sites is 2. The maximum atomic E-state index is 13.5. The molecule has 472 valence electrons. The van der Waals surface area contributed by atoms with E-state index in [9.17, 15) is 55.9 Å². The van der Waals surface area contributed by atoms with Crippen molar-refractivity contribution in [2.45, 2.75) is 103 Å². The largest absolute Gasteiger partial charge is 0.489 e. The number of esters is 3. The summed E-state index contributed by atoms with van der Waals surface area (Å²) < 4.78 is 78.2. The molecule has 0 atom stereocenters. The molecule has 2 saturated heterocycles. The zero-order chi connectivity index (χ0) is 63.4. The lowest BCUT2D eigenvalue weighted by Gasteiger charge is -2.37. The maximum Gasteiger partial charge on any atom is 0.396 e. The molecule has 0 unspecified atom stereocenters. The SMILES string of the molecule is CC1(C(=O)Cl)CCC(F)(F)CC1.COC(=O)C(=O)NCC(=O)N1CCN(Cc2ccccc2OCc2ccc(C(=O)OC)cc2)CC1.COC(=O)c1ccc(COc2ccccc2CN2CCN(C(=O)CNC(=O)C3(C)CCC(F)(F)CC3)CC2)cc1. The van der Waals surface area contributed by atoms with Crippen molar-refractivity contribution in [1.82, 2.24) is 30.2 Å². The number of nitrogens with one attached hydrogen (secondary N) is 2. The second kappa shape index (κ2) is 31.8. The maximum absolute atomic E-state index is 13.5. The topological polar surface area (TPSA) is 220 Å². The molecule has 2 aliphatic heterocycles. The predicted molar refractivity (Wildman–Crippen MR) is 313 cm³/mol. The zero-order valence-corrected chi connectivity index (χ0v) is 50.5. The van der Waals surface area contributed by atoms with E-state index in [1.165, 1.54) is 14.2 Å². The number of hydrogen-bond acceptors (Lipinski definition) is 15. The van der Waals surface area contributed by atoms with E-state index < -0.39 is 39.8 Å². The van der Waals surface area contributed by atoms with E-state index in [-0.39, 0.29) is 94.1 Å². The molecule has 8 rings (SSSR count). The minimum Gasteiger partial charge on any atom is -0.489 e. The highest BCUT2D eigenvalue weighted by molar-refractivity contribution is 6.64. The summed E-state index contributed by atoms with van der Waals surface area (Å²) in [5, 5.41) is 4.47. The molecule has 2 saturated carbocycles. The Labute approximate surface area is 509 Å². The highest BCUT2D eigenvalue weighted by atomic mass is 35.5. The number of ether oxygens (including phenoxy) is 5. The Morgan fingerprint density at radius 3 is 1.22 bits per heavy atom. The van der Waals surface area contributed by atoms with Crippen LogP contribution in [0.3, 0.4) is 0 Å². The van der Waals surface area contributed by atoms with Gasteiger partial charge in [-0.2, -0.15) is 0 Å². The highest BCUT2D eigenvalue weighted by Gasteiger charge is 2.45. The van der Waals surface area contributed by atoms with Gasteiger partial charge in [0.15, 0.2) is 0 Å². The molecule has 0 aromatic heterocycles. The first-order valence-electron chi connectivity index (χ1n) is 28.7. The van der Waals surface area contributed by atoms with Gasteiger partial charge in [0.05, 0.1) is 45.5 Å². The molecule has 4 aromatic rings. The van der Waals surface area contributed by atoms with Crippen LogP contribution in [0.15, 0.2) is 97.1 Å². The zero-order valence-electron chi connectivity index (χ0n) is 49.8. The smallest absolute Gasteiger partial charge is 0.396 e. The van der Waals surface area contributed by atoms with E-state index in [2.05, 4.69) is 25.2 Å². The van der Waals surface area contributed by atoms with Crippen LogP contribution in [0.5, 0.6) is 11.5 Å². The van der Waals surface area contributed by atoms with Crippen molar-refractivity contribution in [3.05, 3.63) is 130 Å². The number of nitrogens with zero attached hydrogens (tertiary/aromatic N) is 4. The van der Waals surface area contributed by atoms with Gasteiger partial charge in [-0.3, -0.25) is 33.8 Å². The van der Waals surface area contributed by atoms with Crippen molar-refractivity contribution < 1.29 is 79.6 Å². The third-order valence-corrected chi connectivity index (χ3v) is 16.5. The van der Waals surface area contributed by atoms with Crippen LogP contribution in [0.25, 0.3) is 0 Å². The van der Waals surface area contributed by atoms with Crippen molar-refractivity contribution in [2.75, 3.05) is 86.8 Å². The number of carbonyl (C=O) groups excluding carboxylic acids is 8. The fourth-order valence-corrected chi connectivity index (χ4v) is 10.2. The van der Waals surface area contributed by atoms with Gasteiger partial charge in [-0.15, -0.1) is 0 Å². The van der Waals surface area contributed by atoms with Crippen LogP contribution < -0.4 is 20.1 Å². The van der Waals surface area contributed by atoms with Gasteiger partial charge < -0.3 is 44.1 Å². The first kappa shape index (κ1) is 68.5. The first-order valence-corrected chi connectivity index (χ1v) is 29.1. The number of amides is 4. The third kappa shape index (κ3) is 20.8. The van der Waals surface area contributed by atoms with Gasteiger partial charge in [0.25, 0.3) is 0 Å². The molecule has 19 nitrogen and oxygen atoms in total. The van der Waals surface area contributed by atoms with Crippen LogP contribution in [0.1, 0.15) is 108 Å². The van der Waals surface area contributed by atoms with Gasteiger partial charge in [-0.1, -0.05) is 74.5 Å². The molecular formula is C63H77ClF4N6O13. The summed E-state index contributed by atoms with van der Waals surface area (Å²) in [6.07, 6.45) is -0.415. The molecule has 0 radical (unpaired) electrons. The normalized spacial score (nSPS) is 17.7.